The first kappa shape index (κ1) is 17.8. The van der Waals surface area contributed by atoms with E-state index in [9.17, 15) is 22.8 Å². The zero-order chi connectivity index (χ0) is 16.8. The van der Waals surface area contributed by atoms with Crippen molar-refractivity contribution in [2.24, 2.45) is 0 Å². The maximum atomic E-state index is 12.8. The van der Waals surface area contributed by atoms with Crippen LogP contribution in [0.15, 0.2) is 24.3 Å². The lowest BCUT2D eigenvalue weighted by Crippen LogP contribution is -2.37. The van der Waals surface area contributed by atoms with Gasteiger partial charge in [0, 0.05) is 26.6 Å². The van der Waals surface area contributed by atoms with Gasteiger partial charge in [0.25, 0.3) is 0 Å². The summed E-state index contributed by atoms with van der Waals surface area (Å²) in [5.74, 6) is -0.971. The van der Waals surface area contributed by atoms with Gasteiger partial charge in [0.1, 0.15) is 0 Å². The van der Waals surface area contributed by atoms with Crippen molar-refractivity contribution in [3.05, 3.63) is 35.4 Å². The van der Waals surface area contributed by atoms with E-state index in [2.05, 4.69) is 5.32 Å². The molecule has 0 aliphatic heterocycles. The molecule has 0 aromatic heterocycles. The molecule has 22 heavy (non-hydrogen) atoms. The van der Waals surface area contributed by atoms with Crippen LogP contribution in [0.4, 0.5) is 18.0 Å². The van der Waals surface area contributed by atoms with E-state index in [4.69, 9.17) is 5.11 Å². The molecule has 1 rings (SSSR count). The molecular formula is C14H17F3N2O3. The van der Waals surface area contributed by atoms with E-state index in [0.717, 1.165) is 11.0 Å². The molecule has 0 saturated heterocycles. The Labute approximate surface area is 125 Å². The van der Waals surface area contributed by atoms with Crippen LogP contribution in [-0.4, -0.2) is 35.6 Å². The maximum absolute atomic E-state index is 12.8. The Morgan fingerprint density at radius 3 is 2.50 bits per heavy atom. The van der Waals surface area contributed by atoms with Crippen molar-refractivity contribution in [3.8, 4) is 0 Å². The average molecular weight is 318 g/mol. The molecule has 2 amide bonds. The summed E-state index contributed by atoms with van der Waals surface area (Å²) in [4.78, 5) is 23.2. The first-order valence-corrected chi connectivity index (χ1v) is 6.57. The number of amides is 2. The lowest BCUT2D eigenvalue weighted by molar-refractivity contribution is -0.138. The van der Waals surface area contributed by atoms with Crippen molar-refractivity contribution in [2.45, 2.75) is 25.6 Å². The molecule has 0 heterocycles. The normalized spacial score (nSPS) is 11.1. The molecule has 5 nitrogen and oxygen atoms in total. The van der Waals surface area contributed by atoms with Gasteiger partial charge in [0.15, 0.2) is 0 Å². The molecule has 0 unspecified atom stereocenters. The highest BCUT2D eigenvalue weighted by molar-refractivity contribution is 5.74. The minimum absolute atomic E-state index is 0.00168. The van der Waals surface area contributed by atoms with Crippen LogP contribution in [-0.2, 0) is 17.5 Å². The third-order valence-corrected chi connectivity index (χ3v) is 2.92. The zero-order valence-electron chi connectivity index (χ0n) is 12.0. The largest absolute Gasteiger partial charge is 0.481 e. The number of aliphatic carboxylic acids is 1. The molecule has 1 aromatic carbocycles. The number of urea groups is 1. The quantitative estimate of drug-likeness (QED) is 0.792. The van der Waals surface area contributed by atoms with Gasteiger partial charge in [0.05, 0.1) is 5.56 Å². The van der Waals surface area contributed by atoms with Crippen LogP contribution in [0, 0.1) is 0 Å². The number of alkyl halides is 3. The Morgan fingerprint density at radius 2 is 1.91 bits per heavy atom. The first-order valence-electron chi connectivity index (χ1n) is 6.57. The molecule has 0 saturated carbocycles. The minimum atomic E-state index is -4.48. The van der Waals surface area contributed by atoms with Crippen LogP contribution < -0.4 is 5.32 Å². The van der Waals surface area contributed by atoms with E-state index in [1.165, 1.54) is 25.2 Å². The summed E-state index contributed by atoms with van der Waals surface area (Å²) in [6, 6.07) is 4.49. The van der Waals surface area contributed by atoms with Gasteiger partial charge in [-0.1, -0.05) is 18.2 Å². The molecule has 122 valence electrons. The monoisotopic (exact) mass is 318 g/mol. The van der Waals surface area contributed by atoms with Crippen LogP contribution >= 0.6 is 0 Å². The van der Waals surface area contributed by atoms with E-state index in [1.54, 1.807) is 0 Å². The smallest absolute Gasteiger partial charge is 0.416 e. The fraction of sp³-hybridized carbons (Fsp3) is 0.429. The Kier molecular flexibility index (Phi) is 6.21. The standard InChI is InChI=1S/C14H17F3N2O3/c1-19(13(22)18-8-4-7-12(20)21)9-10-5-2-3-6-11(10)14(15,16)17/h2-3,5-6H,4,7-9H2,1H3,(H,18,22)(H,20,21). The maximum Gasteiger partial charge on any atom is 0.416 e. The molecule has 2 N–H and O–H groups in total. The molecule has 0 radical (unpaired) electrons. The van der Waals surface area contributed by atoms with Crippen molar-refractivity contribution >= 4 is 12.0 Å². The van der Waals surface area contributed by atoms with E-state index in [-0.39, 0.29) is 31.5 Å². The van der Waals surface area contributed by atoms with E-state index < -0.39 is 23.7 Å². The summed E-state index contributed by atoms with van der Waals surface area (Å²) in [6.07, 6.45) is -4.30. The molecule has 0 spiro atoms. The second kappa shape index (κ2) is 7.67. The number of nitrogens with zero attached hydrogens (tertiary/aromatic N) is 1. The van der Waals surface area contributed by atoms with E-state index >= 15 is 0 Å². The number of carboxylic acid groups (broad SMARTS) is 1. The van der Waals surface area contributed by atoms with Gasteiger partial charge >= 0.3 is 18.2 Å². The second-order valence-corrected chi connectivity index (χ2v) is 4.74. The summed E-state index contributed by atoms with van der Waals surface area (Å²) >= 11 is 0. The van der Waals surface area contributed by atoms with E-state index in [1.807, 2.05) is 0 Å². The van der Waals surface area contributed by atoms with Crippen molar-refractivity contribution in [1.29, 1.82) is 0 Å². The minimum Gasteiger partial charge on any atom is -0.481 e. The first-order chi connectivity index (χ1) is 10.2. The predicted octanol–water partition coefficient (Wildman–Crippen LogP) is 2.71. The number of hydrogen-bond donors (Lipinski definition) is 2. The Hall–Kier alpha value is -2.25. The Bertz CT molecular complexity index is 532. The van der Waals surface area contributed by atoms with Crippen molar-refractivity contribution in [3.63, 3.8) is 0 Å². The second-order valence-electron chi connectivity index (χ2n) is 4.74. The highest BCUT2D eigenvalue weighted by atomic mass is 19.4. The molecule has 0 fully saturated rings. The SMILES string of the molecule is CN(Cc1ccccc1C(F)(F)F)C(=O)NCCCC(=O)O. The zero-order valence-corrected chi connectivity index (χ0v) is 12.0. The van der Waals surface area contributed by atoms with Crippen LogP contribution in [0.25, 0.3) is 0 Å². The number of hydrogen-bond acceptors (Lipinski definition) is 2. The number of carbonyl (C=O) groups is 2. The molecule has 0 atom stereocenters. The Balaban J connectivity index is 2.60. The number of carbonyl (C=O) groups excluding carboxylic acids is 1. The summed E-state index contributed by atoms with van der Waals surface area (Å²) in [7, 11) is 1.37. The van der Waals surface area contributed by atoms with Gasteiger partial charge < -0.3 is 15.3 Å². The van der Waals surface area contributed by atoms with Gasteiger partial charge in [0.2, 0.25) is 0 Å². The lowest BCUT2D eigenvalue weighted by atomic mass is 10.1. The average Bonchev–Trinajstić information content (AvgIpc) is 2.42. The molecule has 0 aliphatic rings. The molecule has 8 heteroatoms. The summed E-state index contributed by atoms with van der Waals surface area (Å²) in [6.45, 7) is -0.0448. The molecular weight excluding hydrogens is 301 g/mol. The predicted molar refractivity (Wildman–Crippen MR) is 73.2 cm³/mol. The highest BCUT2D eigenvalue weighted by Crippen LogP contribution is 2.32. The van der Waals surface area contributed by atoms with Crippen LogP contribution in [0.5, 0.6) is 0 Å². The van der Waals surface area contributed by atoms with Crippen molar-refractivity contribution in [2.75, 3.05) is 13.6 Å². The number of carboxylic acids is 1. The van der Waals surface area contributed by atoms with Crippen LogP contribution in [0.1, 0.15) is 24.0 Å². The molecule has 1 aromatic rings. The molecule has 0 bridgehead atoms. The third kappa shape index (κ3) is 5.63. The van der Waals surface area contributed by atoms with Crippen molar-refractivity contribution < 1.29 is 27.9 Å². The number of benzene rings is 1. The van der Waals surface area contributed by atoms with Crippen LogP contribution in [0.2, 0.25) is 0 Å². The third-order valence-electron chi connectivity index (χ3n) is 2.92. The van der Waals surface area contributed by atoms with Gasteiger partial charge in [-0.05, 0) is 18.1 Å². The number of rotatable bonds is 6. The van der Waals surface area contributed by atoms with E-state index in [0.29, 0.717) is 0 Å². The van der Waals surface area contributed by atoms with Crippen molar-refractivity contribution in [1.82, 2.24) is 10.2 Å². The summed E-state index contributed by atoms with van der Waals surface area (Å²) in [5.41, 5.74) is -0.779. The summed E-state index contributed by atoms with van der Waals surface area (Å²) in [5, 5.41) is 10.9. The fourth-order valence-corrected chi connectivity index (χ4v) is 1.83. The van der Waals surface area contributed by atoms with Gasteiger partial charge in [-0.15, -0.1) is 0 Å². The fourth-order valence-electron chi connectivity index (χ4n) is 1.83. The number of nitrogens with one attached hydrogen (secondary N) is 1. The summed E-state index contributed by atoms with van der Waals surface area (Å²) < 4.78 is 38.5. The Morgan fingerprint density at radius 1 is 1.27 bits per heavy atom. The topological polar surface area (TPSA) is 69.6 Å². The highest BCUT2D eigenvalue weighted by Gasteiger charge is 2.33. The van der Waals surface area contributed by atoms with Gasteiger partial charge in [-0.2, -0.15) is 13.2 Å². The van der Waals surface area contributed by atoms with Gasteiger partial charge in [-0.25, -0.2) is 4.79 Å². The molecule has 0 aliphatic carbocycles. The van der Waals surface area contributed by atoms with Crippen LogP contribution in [0.3, 0.4) is 0 Å². The lowest BCUT2D eigenvalue weighted by Gasteiger charge is -2.20. The number of halogens is 3. The van der Waals surface area contributed by atoms with Gasteiger partial charge in [-0.3, -0.25) is 4.79 Å².